The standard InChI is InChI=1S/C21H24F3N3O2/c1-4-5-8-19(20(28)26(2)3)27(14-17-7-6-11-29-17)16-10-9-15(13-25)18(12-16)21(22,23)24/h6-7,9-12,19H,4-5,8,14H2,1-3H3. The van der Waals surface area contributed by atoms with Crippen molar-refractivity contribution < 1.29 is 22.4 Å². The summed E-state index contributed by atoms with van der Waals surface area (Å²) in [7, 11) is 3.23. The van der Waals surface area contributed by atoms with Gasteiger partial charge in [0.1, 0.15) is 11.8 Å². The van der Waals surface area contributed by atoms with E-state index in [1.165, 1.54) is 17.2 Å². The van der Waals surface area contributed by atoms with Gasteiger partial charge in [0.2, 0.25) is 5.91 Å². The lowest BCUT2D eigenvalue weighted by Gasteiger charge is -2.34. The van der Waals surface area contributed by atoms with E-state index in [2.05, 4.69) is 0 Å². The van der Waals surface area contributed by atoms with Gasteiger partial charge in [-0.1, -0.05) is 19.8 Å². The molecule has 5 nitrogen and oxygen atoms in total. The number of likely N-dealkylation sites (N-methyl/N-ethyl adjacent to an activating group) is 1. The fraction of sp³-hybridized carbons (Fsp3) is 0.429. The second-order valence-corrected chi connectivity index (χ2v) is 6.94. The van der Waals surface area contributed by atoms with Gasteiger partial charge < -0.3 is 14.2 Å². The molecule has 1 atom stereocenters. The average molecular weight is 407 g/mol. The maximum absolute atomic E-state index is 13.5. The van der Waals surface area contributed by atoms with E-state index in [0.29, 0.717) is 12.2 Å². The van der Waals surface area contributed by atoms with Crippen molar-refractivity contribution in [1.29, 1.82) is 5.26 Å². The van der Waals surface area contributed by atoms with Gasteiger partial charge in [-0.2, -0.15) is 18.4 Å². The fourth-order valence-corrected chi connectivity index (χ4v) is 3.10. The number of unbranched alkanes of at least 4 members (excludes halogenated alkanes) is 1. The monoisotopic (exact) mass is 407 g/mol. The van der Waals surface area contributed by atoms with Crippen molar-refractivity contribution in [3.05, 3.63) is 53.5 Å². The number of halogens is 3. The number of nitrogens with zero attached hydrogens (tertiary/aromatic N) is 3. The Hall–Kier alpha value is -2.95. The summed E-state index contributed by atoms with van der Waals surface area (Å²) < 4.78 is 45.8. The molecule has 1 aromatic heterocycles. The van der Waals surface area contributed by atoms with Gasteiger partial charge in [0.15, 0.2) is 0 Å². The summed E-state index contributed by atoms with van der Waals surface area (Å²) in [6.07, 6.45) is -1.14. The smallest absolute Gasteiger partial charge is 0.417 e. The van der Waals surface area contributed by atoms with Crippen molar-refractivity contribution in [2.24, 2.45) is 0 Å². The number of carbonyl (C=O) groups is 1. The first kappa shape index (κ1) is 22.3. The highest BCUT2D eigenvalue weighted by Crippen LogP contribution is 2.35. The average Bonchev–Trinajstić information content (AvgIpc) is 3.19. The minimum absolute atomic E-state index is 0.129. The number of amides is 1. The second-order valence-electron chi connectivity index (χ2n) is 6.94. The first-order chi connectivity index (χ1) is 13.7. The zero-order chi connectivity index (χ0) is 21.6. The number of carbonyl (C=O) groups excluding carboxylic acids is 1. The van der Waals surface area contributed by atoms with Gasteiger partial charge in [-0.25, -0.2) is 0 Å². The number of rotatable bonds is 8. The Morgan fingerprint density at radius 2 is 2.00 bits per heavy atom. The maximum atomic E-state index is 13.5. The normalized spacial score (nSPS) is 12.3. The van der Waals surface area contributed by atoms with Crippen molar-refractivity contribution in [1.82, 2.24) is 4.90 Å². The molecule has 2 rings (SSSR count). The molecule has 0 saturated carbocycles. The number of nitriles is 1. The van der Waals surface area contributed by atoms with Crippen LogP contribution in [-0.2, 0) is 17.5 Å². The maximum Gasteiger partial charge on any atom is 0.417 e. The summed E-state index contributed by atoms with van der Waals surface area (Å²) in [5.74, 6) is 0.318. The van der Waals surface area contributed by atoms with Gasteiger partial charge in [0, 0.05) is 19.8 Å². The van der Waals surface area contributed by atoms with Gasteiger partial charge in [0.05, 0.1) is 30.0 Å². The number of alkyl halides is 3. The lowest BCUT2D eigenvalue weighted by atomic mass is 10.0. The molecule has 2 aromatic rings. The van der Waals surface area contributed by atoms with Crippen molar-refractivity contribution in [2.45, 2.75) is 44.9 Å². The molecule has 0 bridgehead atoms. The molecule has 0 spiro atoms. The molecule has 0 N–H and O–H groups in total. The number of furan rings is 1. The third kappa shape index (κ3) is 5.53. The van der Waals surface area contributed by atoms with Crippen LogP contribution >= 0.6 is 0 Å². The molecule has 156 valence electrons. The SMILES string of the molecule is CCCCC(C(=O)N(C)C)N(Cc1ccco1)c1ccc(C#N)c(C(F)(F)F)c1. The molecule has 0 saturated heterocycles. The topological polar surface area (TPSA) is 60.5 Å². The number of hydrogen-bond acceptors (Lipinski definition) is 4. The van der Waals surface area contributed by atoms with Crippen LogP contribution in [0.2, 0.25) is 0 Å². The minimum Gasteiger partial charge on any atom is -0.467 e. The van der Waals surface area contributed by atoms with E-state index in [4.69, 9.17) is 9.68 Å². The molecular formula is C21H24F3N3O2. The Morgan fingerprint density at radius 3 is 2.52 bits per heavy atom. The predicted molar refractivity (Wildman–Crippen MR) is 103 cm³/mol. The third-order valence-corrected chi connectivity index (χ3v) is 4.60. The van der Waals surface area contributed by atoms with Gasteiger partial charge in [-0.05, 0) is 36.8 Å². The quantitative estimate of drug-likeness (QED) is 0.629. The Balaban J connectivity index is 2.57. The summed E-state index contributed by atoms with van der Waals surface area (Å²) in [4.78, 5) is 15.9. The number of anilines is 1. The van der Waals surface area contributed by atoms with E-state index in [0.717, 1.165) is 25.0 Å². The van der Waals surface area contributed by atoms with E-state index < -0.39 is 23.3 Å². The molecule has 1 heterocycles. The van der Waals surface area contributed by atoms with Gasteiger partial charge in [-0.3, -0.25) is 4.79 Å². The summed E-state index contributed by atoms with van der Waals surface area (Å²) in [5, 5.41) is 9.07. The molecular weight excluding hydrogens is 383 g/mol. The zero-order valence-corrected chi connectivity index (χ0v) is 16.7. The summed E-state index contributed by atoms with van der Waals surface area (Å²) in [6, 6.07) is 7.83. The van der Waals surface area contributed by atoms with E-state index in [-0.39, 0.29) is 18.1 Å². The third-order valence-electron chi connectivity index (χ3n) is 4.60. The number of hydrogen-bond donors (Lipinski definition) is 0. The predicted octanol–water partition coefficient (Wildman–Crippen LogP) is 4.82. The molecule has 0 fully saturated rings. The largest absolute Gasteiger partial charge is 0.467 e. The summed E-state index contributed by atoms with van der Waals surface area (Å²) in [5.41, 5.74) is -1.26. The molecule has 1 aromatic carbocycles. The van der Waals surface area contributed by atoms with Gasteiger partial charge >= 0.3 is 6.18 Å². The van der Waals surface area contributed by atoms with Crippen molar-refractivity contribution in [3.63, 3.8) is 0 Å². The molecule has 0 aliphatic heterocycles. The highest BCUT2D eigenvalue weighted by molar-refractivity contribution is 5.85. The first-order valence-corrected chi connectivity index (χ1v) is 9.30. The zero-order valence-electron chi connectivity index (χ0n) is 16.7. The summed E-state index contributed by atoms with van der Waals surface area (Å²) >= 11 is 0. The molecule has 1 amide bonds. The lowest BCUT2D eigenvalue weighted by molar-refractivity contribution is -0.137. The lowest BCUT2D eigenvalue weighted by Crippen LogP contribution is -2.46. The van der Waals surface area contributed by atoms with Crippen LogP contribution < -0.4 is 4.90 Å². The fourth-order valence-electron chi connectivity index (χ4n) is 3.10. The highest BCUT2D eigenvalue weighted by Gasteiger charge is 2.35. The van der Waals surface area contributed by atoms with E-state index in [1.54, 1.807) is 37.2 Å². The second kappa shape index (κ2) is 9.50. The van der Waals surface area contributed by atoms with Crippen LogP contribution in [0.25, 0.3) is 0 Å². The van der Waals surface area contributed by atoms with Crippen molar-refractivity contribution in [3.8, 4) is 6.07 Å². The Bertz CT molecular complexity index is 855. The molecule has 0 aliphatic rings. The number of benzene rings is 1. The molecule has 0 aliphatic carbocycles. The Kier molecular flexibility index (Phi) is 7.32. The van der Waals surface area contributed by atoms with E-state index in [1.807, 2.05) is 6.92 Å². The van der Waals surface area contributed by atoms with Crippen molar-refractivity contribution in [2.75, 3.05) is 19.0 Å². The van der Waals surface area contributed by atoms with Crippen LogP contribution in [0.15, 0.2) is 41.0 Å². The van der Waals surface area contributed by atoms with Crippen LogP contribution in [0.5, 0.6) is 0 Å². The van der Waals surface area contributed by atoms with E-state index >= 15 is 0 Å². The van der Waals surface area contributed by atoms with Crippen LogP contribution in [0, 0.1) is 11.3 Å². The van der Waals surface area contributed by atoms with Gasteiger partial charge in [-0.15, -0.1) is 0 Å². The van der Waals surface area contributed by atoms with Crippen LogP contribution in [0.4, 0.5) is 18.9 Å². The van der Waals surface area contributed by atoms with Crippen molar-refractivity contribution >= 4 is 11.6 Å². The molecule has 8 heteroatoms. The van der Waals surface area contributed by atoms with Gasteiger partial charge in [0.25, 0.3) is 0 Å². The minimum atomic E-state index is -4.68. The highest BCUT2D eigenvalue weighted by atomic mass is 19.4. The van der Waals surface area contributed by atoms with Crippen LogP contribution in [-0.4, -0.2) is 30.9 Å². The molecule has 1 unspecified atom stereocenters. The Morgan fingerprint density at radius 1 is 1.28 bits per heavy atom. The Labute approximate surface area is 168 Å². The molecule has 29 heavy (non-hydrogen) atoms. The first-order valence-electron chi connectivity index (χ1n) is 9.30. The van der Waals surface area contributed by atoms with Crippen LogP contribution in [0.1, 0.15) is 43.1 Å². The van der Waals surface area contributed by atoms with Crippen LogP contribution in [0.3, 0.4) is 0 Å². The molecule has 0 radical (unpaired) electrons. The summed E-state index contributed by atoms with van der Waals surface area (Å²) in [6.45, 7) is 2.11. The van der Waals surface area contributed by atoms with E-state index in [9.17, 15) is 18.0 Å².